The number of aromatic amines is 1. The van der Waals surface area contributed by atoms with Gasteiger partial charge in [-0.05, 0) is 50.3 Å². The van der Waals surface area contributed by atoms with Crippen molar-refractivity contribution in [1.82, 2.24) is 9.97 Å². The molecule has 0 unspecified atom stereocenters. The Balaban J connectivity index is 1.28. The molecule has 3 heterocycles. The molecule has 1 amide bonds. The Morgan fingerprint density at radius 1 is 1.35 bits per heavy atom. The summed E-state index contributed by atoms with van der Waals surface area (Å²) in [6, 6.07) is 5.84. The van der Waals surface area contributed by atoms with Crippen molar-refractivity contribution in [2.24, 2.45) is 0 Å². The molecule has 0 bridgehead atoms. The number of nitrogens with zero attached hydrogens (tertiary/aromatic N) is 1. The molecule has 2 fully saturated rings. The minimum Gasteiger partial charge on any atom is -0.370 e. The first kappa shape index (κ1) is 18.2. The van der Waals surface area contributed by atoms with E-state index in [1.165, 1.54) is 18.6 Å². The molecular weight excluding hydrogens is 366 g/mol. The van der Waals surface area contributed by atoms with Crippen LogP contribution in [0.4, 0.5) is 5.69 Å². The van der Waals surface area contributed by atoms with E-state index in [2.05, 4.69) is 15.3 Å². The second kappa shape index (κ2) is 8.67. The summed E-state index contributed by atoms with van der Waals surface area (Å²) in [6.07, 6.45) is 7.42. The van der Waals surface area contributed by atoms with Crippen molar-refractivity contribution < 1.29 is 9.53 Å². The second-order valence-electron chi connectivity index (χ2n) is 6.98. The van der Waals surface area contributed by atoms with E-state index in [4.69, 9.17) is 4.74 Å². The molecule has 2 aliphatic rings. The quantitative estimate of drug-likeness (QED) is 0.510. The highest BCUT2D eigenvalue weighted by Crippen LogP contribution is 2.39. The van der Waals surface area contributed by atoms with Crippen LogP contribution in [0.25, 0.3) is 11.0 Å². The standard InChI is InChI=1S/C19H25N3O2S2/c23-18(6-2-1-4-14-9-11-25-26-14)20-13-7-8-15-16(12-13)22-19(21-15)17-5-3-10-24-17/h7-8,12,14,17H,1-6,9-11H2,(H,20,23)(H,21,22)/t14-,17-/m0/s1. The molecule has 140 valence electrons. The first-order valence-corrected chi connectivity index (χ1v) is 11.9. The average molecular weight is 392 g/mol. The molecule has 0 radical (unpaired) electrons. The monoisotopic (exact) mass is 391 g/mol. The maximum absolute atomic E-state index is 12.2. The van der Waals surface area contributed by atoms with Crippen molar-refractivity contribution in [3.8, 4) is 0 Å². The molecule has 2 aliphatic heterocycles. The molecular formula is C19H25N3O2S2. The van der Waals surface area contributed by atoms with Crippen LogP contribution >= 0.6 is 21.6 Å². The highest BCUT2D eigenvalue weighted by Gasteiger charge is 2.21. The predicted octanol–water partition coefficient (Wildman–Crippen LogP) is 5.07. The molecule has 7 heteroatoms. The third-order valence-corrected chi connectivity index (χ3v) is 7.93. The highest BCUT2D eigenvalue weighted by atomic mass is 33.1. The van der Waals surface area contributed by atoms with Crippen molar-refractivity contribution in [3.63, 3.8) is 0 Å². The van der Waals surface area contributed by atoms with Crippen LogP contribution in [0.5, 0.6) is 0 Å². The van der Waals surface area contributed by atoms with Crippen LogP contribution in [0.1, 0.15) is 56.9 Å². The number of fused-ring (bicyclic) bond motifs is 1. The van der Waals surface area contributed by atoms with Gasteiger partial charge in [-0.3, -0.25) is 4.79 Å². The van der Waals surface area contributed by atoms with E-state index < -0.39 is 0 Å². The van der Waals surface area contributed by atoms with Gasteiger partial charge in [0.15, 0.2) is 0 Å². The van der Waals surface area contributed by atoms with Crippen molar-refractivity contribution >= 4 is 44.2 Å². The van der Waals surface area contributed by atoms with Gasteiger partial charge in [-0.25, -0.2) is 4.98 Å². The summed E-state index contributed by atoms with van der Waals surface area (Å²) < 4.78 is 5.69. The SMILES string of the molecule is O=C(CCCC[C@H]1CCSS1)Nc1ccc2nc([C@@H]3CCCO3)[nH]c2c1. The fourth-order valence-electron chi connectivity index (χ4n) is 3.50. The van der Waals surface area contributed by atoms with Gasteiger partial charge in [0.05, 0.1) is 11.0 Å². The molecule has 2 aromatic rings. The minimum atomic E-state index is 0.0804. The topological polar surface area (TPSA) is 67.0 Å². The van der Waals surface area contributed by atoms with E-state index in [1.807, 2.05) is 39.8 Å². The molecule has 2 atom stereocenters. The molecule has 2 N–H and O–H groups in total. The zero-order valence-electron chi connectivity index (χ0n) is 14.8. The van der Waals surface area contributed by atoms with Crippen LogP contribution in [0, 0.1) is 0 Å². The molecule has 4 rings (SSSR count). The number of anilines is 1. The fourth-order valence-corrected chi connectivity index (χ4v) is 6.53. The molecule has 5 nitrogen and oxygen atoms in total. The molecule has 1 aromatic heterocycles. The summed E-state index contributed by atoms with van der Waals surface area (Å²) in [5.41, 5.74) is 2.69. The van der Waals surface area contributed by atoms with Crippen LogP contribution in [0.3, 0.4) is 0 Å². The lowest BCUT2D eigenvalue weighted by atomic mass is 10.1. The van der Waals surface area contributed by atoms with Crippen LogP contribution in [0.15, 0.2) is 18.2 Å². The highest BCUT2D eigenvalue weighted by molar-refractivity contribution is 8.77. The van der Waals surface area contributed by atoms with Crippen LogP contribution in [0.2, 0.25) is 0 Å². The molecule has 2 saturated heterocycles. The van der Waals surface area contributed by atoms with Crippen LogP contribution in [-0.4, -0.2) is 33.5 Å². The molecule has 26 heavy (non-hydrogen) atoms. The summed E-state index contributed by atoms with van der Waals surface area (Å²) >= 11 is 0. The summed E-state index contributed by atoms with van der Waals surface area (Å²) in [5, 5.41) is 3.81. The number of carbonyl (C=O) groups is 1. The number of imidazole rings is 1. The van der Waals surface area contributed by atoms with E-state index in [9.17, 15) is 4.79 Å². The Morgan fingerprint density at radius 2 is 2.31 bits per heavy atom. The number of hydrogen-bond acceptors (Lipinski definition) is 5. The summed E-state index contributed by atoms with van der Waals surface area (Å²) in [4.78, 5) is 20.2. The number of benzene rings is 1. The normalized spacial score (nSPS) is 22.9. The zero-order valence-corrected chi connectivity index (χ0v) is 16.5. The molecule has 0 saturated carbocycles. The Hall–Kier alpha value is -1.18. The smallest absolute Gasteiger partial charge is 0.224 e. The number of carbonyl (C=O) groups excluding carboxylic acids is 1. The van der Waals surface area contributed by atoms with Gasteiger partial charge >= 0.3 is 0 Å². The summed E-state index contributed by atoms with van der Waals surface area (Å²) in [6.45, 7) is 0.807. The second-order valence-corrected chi connectivity index (χ2v) is 9.77. The number of unbranched alkanes of at least 4 members (excludes halogenated alkanes) is 1. The number of rotatable bonds is 7. The van der Waals surface area contributed by atoms with E-state index >= 15 is 0 Å². The largest absolute Gasteiger partial charge is 0.370 e. The number of nitrogens with one attached hydrogen (secondary N) is 2. The fraction of sp³-hybridized carbons (Fsp3) is 0.579. The average Bonchev–Trinajstić information content (AvgIpc) is 3.39. The number of aromatic nitrogens is 2. The molecule has 1 aromatic carbocycles. The van der Waals surface area contributed by atoms with Gasteiger partial charge in [-0.2, -0.15) is 0 Å². The summed E-state index contributed by atoms with van der Waals surface area (Å²) in [7, 11) is 3.99. The maximum atomic E-state index is 12.2. The minimum absolute atomic E-state index is 0.0804. The maximum Gasteiger partial charge on any atom is 0.224 e. The third-order valence-electron chi connectivity index (χ3n) is 4.93. The predicted molar refractivity (Wildman–Crippen MR) is 110 cm³/mol. The first-order valence-electron chi connectivity index (χ1n) is 9.47. The number of ether oxygens (including phenoxy) is 1. The molecule has 0 aliphatic carbocycles. The van der Waals surface area contributed by atoms with Gasteiger partial charge in [0.25, 0.3) is 0 Å². The van der Waals surface area contributed by atoms with Gasteiger partial charge in [-0.1, -0.05) is 28.0 Å². The Kier molecular flexibility index (Phi) is 6.07. The summed E-state index contributed by atoms with van der Waals surface area (Å²) in [5.74, 6) is 2.26. The van der Waals surface area contributed by atoms with E-state index in [-0.39, 0.29) is 12.0 Å². The van der Waals surface area contributed by atoms with Gasteiger partial charge < -0.3 is 15.0 Å². The lowest BCUT2D eigenvalue weighted by molar-refractivity contribution is -0.116. The van der Waals surface area contributed by atoms with Gasteiger partial charge in [0.1, 0.15) is 11.9 Å². The van der Waals surface area contributed by atoms with Crippen molar-refractivity contribution in [2.45, 2.75) is 56.3 Å². The Morgan fingerprint density at radius 3 is 3.12 bits per heavy atom. The number of hydrogen-bond donors (Lipinski definition) is 2. The Bertz CT molecular complexity index is 752. The molecule has 0 spiro atoms. The van der Waals surface area contributed by atoms with Gasteiger partial charge in [0, 0.05) is 29.7 Å². The van der Waals surface area contributed by atoms with Gasteiger partial charge in [-0.15, -0.1) is 0 Å². The number of amides is 1. The van der Waals surface area contributed by atoms with Crippen molar-refractivity contribution in [3.05, 3.63) is 24.0 Å². The number of H-pyrrole nitrogens is 1. The van der Waals surface area contributed by atoms with E-state index in [0.717, 1.165) is 60.1 Å². The zero-order chi connectivity index (χ0) is 17.8. The van der Waals surface area contributed by atoms with Crippen molar-refractivity contribution in [1.29, 1.82) is 0 Å². The third kappa shape index (κ3) is 4.56. The van der Waals surface area contributed by atoms with Gasteiger partial charge in [0.2, 0.25) is 5.91 Å². The van der Waals surface area contributed by atoms with Crippen LogP contribution < -0.4 is 5.32 Å². The Labute approximate surface area is 161 Å². The van der Waals surface area contributed by atoms with Crippen molar-refractivity contribution in [2.75, 3.05) is 17.7 Å². The van der Waals surface area contributed by atoms with Crippen LogP contribution in [-0.2, 0) is 9.53 Å². The van der Waals surface area contributed by atoms with E-state index in [0.29, 0.717) is 6.42 Å². The lowest BCUT2D eigenvalue weighted by Crippen LogP contribution is -2.11. The lowest BCUT2D eigenvalue weighted by Gasteiger charge is -2.07. The van der Waals surface area contributed by atoms with E-state index in [1.54, 1.807) is 0 Å². The first-order chi connectivity index (χ1) is 12.8.